The van der Waals surface area contributed by atoms with Crippen LogP contribution in [0.5, 0.6) is 0 Å². The van der Waals surface area contributed by atoms with Gasteiger partial charge in [0.05, 0.1) is 11.5 Å². The van der Waals surface area contributed by atoms with Crippen LogP contribution in [0.15, 0.2) is 29.3 Å². The van der Waals surface area contributed by atoms with Crippen LogP contribution in [0, 0.1) is 0 Å². The minimum absolute atomic E-state index is 0.215. The summed E-state index contributed by atoms with van der Waals surface area (Å²) < 4.78 is 4.72. The van der Waals surface area contributed by atoms with Gasteiger partial charge in [-0.25, -0.2) is 4.79 Å². The molecule has 0 aromatic carbocycles. The molecule has 0 bridgehead atoms. The molecule has 1 N–H and O–H groups in total. The normalized spacial score (nSPS) is 11.0. The molecule has 0 aliphatic rings. The average molecular weight is 239 g/mol. The molecule has 0 aliphatic carbocycles. The maximum absolute atomic E-state index is 11.6. The number of nitrogens with one attached hydrogen (secondary N) is 1. The van der Waals surface area contributed by atoms with Crippen LogP contribution in [0.25, 0.3) is 0 Å². The second-order valence-electron chi connectivity index (χ2n) is 3.01. The van der Waals surface area contributed by atoms with Gasteiger partial charge in [-0.05, 0) is 25.3 Å². The molecule has 4 nitrogen and oxygen atoms in total. The van der Waals surface area contributed by atoms with Crippen molar-refractivity contribution in [2.75, 3.05) is 6.61 Å². The molecule has 5 heteroatoms. The lowest BCUT2D eigenvalue weighted by Gasteiger charge is -2.03. The Labute approximate surface area is 97.9 Å². The predicted molar refractivity (Wildman–Crippen MR) is 62.2 cm³/mol. The molecule has 1 aromatic heterocycles. The number of amides is 1. The molecule has 0 saturated carbocycles. The fourth-order valence-corrected chi connectivity index (χ4v) is 1.66. The van der Waals surface area contributed by atoms with Gasteiger partial charge in [-0.15, -0.1) is 11.3 Å². The number of thiophene rings is 1. The van der Waals surface area contributed by atoms with Crippen LogP contribution >= 0.6 is 11.3 Å². The van der Waals surface area contributed by atoms with E-state index >= 15 is 0 Å². The van der Waals surface area contributed by atoms with Crippen LogP contribution in [-0.4, -0.2) is 18.5 Å². The highest BCUT2D eigenvalue weighted by Crippen LogP contribution is 2.08. The summed E-state index contributed by atoms with van der Waals surface area (Å²) in [6.07, 6.45) is 1.26. The first kappa shape index (κ1) is 12.4. The maximum atomic E-state index is 11.6. The number of hydrogen-bond acceptors (Lipinski definition) is 4. The third-order valence-corrected chi connectivity index (χ3v) is 2.55. The molecule has 0 aliphatic heterocycles. The van der Waals surface area contributed by atoms with E-state index in [4.69, 9.17) is 4.74 Å². The van der Waals surface area contributed by atoms with Crippen molar-refractivity contribution >= 4 is 23.2 Å². The van der Waals surface area contributed by atoms with E-state index in [2.05, 4.69) is 5.32 Å². The quantitative estimate of drug-likeness (QED) is 0.645. The average Bonchev–Trinajstić information content (AvgIpc) is 2.69. The first-order valence-corrected chi connectivity index (χ1v) is 5.71. The summed E-state index contributed by atoms with van der Waals surface area (Å²) in [5, 5.41) is 4.42. The van der Waals surface area contributed by atoms with Gasteiger partial charge in [0.25, 0.3) is 5.91 Å². The van der Waals surface area contributed by atoms with Gasteiger partial charge in [0, 0.05) is 11.8 Å². The van der Waals surface area contributed by atoms with E-state index in [1.165, 1.54) is 17.4 Å². The van der Waals surface area contributed by atoms with Gasteiger partial charge < -0.3 is 10.1 Å². The first-order chi connectivity index (χ1) is 7.63. The Kier molecular flexibility index (Phi) is 4.72. The molecular weight excluding hydrogens is 226 g/mol. The molecule has 86 valence electrons. The van der Waals surface area contributed by atoms with Crippen LogP contribution in [0.2, 0.25) is 0 Å². The minimum Gasteiger partial charge on any atom is -0.463 e. The SMILES string of the molecule is CCOC(=O)C=C(C)NC(=O)c1cccs1. The molecule has 1 rings (SSSR count). The van der Waals surface area contributed by atoms with E-state index in [0.29, 0.717) is 17.2 Å². The Hall–Kier alpha value is -1.62. The number of hydrogen-bond donors (Lipinski definition) is 1. The molecular formula is C11H13NO3S. The third kappa shape index (κ3) is 3.86. The Morgan fingerprint density at radius 3 is 2.88 bits per heavy atom. The predicted octanol–water partition coefficient (Wildman–Crippen LogP) is 1.94. The van der Waals surface area contributed by atoms with Crippen LogP contribution in [0.4, 0.5) is 0 Å². The number of esters is 1. The van der Waals surface area contributed by atoms with Crippen molar-refractivity contribution in [1.82, 2.24) is 5.32 Å². The van der Waals surface area contributed by atoms with E-state index < -0.39 is 5.97 Å². The lowest BCUT2D eigenvalue weighted by Crippen LogP contribution is -2.21. The summed E-state index contributed by atoms with van der Waals surface area (Å²) >= 11 is 1.35. The largest absolute Gasteiger partial charge is 0.463 e. The van der Waals surface area contributed by atoms with E-state index in [1.54, 1.807) is 26.0 Å². The summed E-state index contributed by atoms with van der Waals surface area (Å²) in [6, 6.07) is 3.52. The molecule has 1 amide bonds. The van der Waals surface area contributed by atoms with Crippen molar-refractivity contribution in [1.29, 1.82) is 0 Å². The molecule has 0 atom stereocenters. The van der Waals surface area contributed by atoms with Gasteiger partial charge in [-0.2, -0.15) is 0 Å². The molecule has 0 radical (unpaired) electrons. The van der Waals surface area contributed by atoms with Crippen LogP contribution in [0.3, 0.4) is 0 Å². The van der Waals surface area contributed by atoms with Crippen molar-refractivity contribution < 1.29 is 14.3 Å². The molecule has 16 heavy (non-hydrogen) atoms. The summed E-state index contributed by atoms with van der Waals surface area (Å²) in [5.74, 6) is -0.667. The van der Waals surface area contributed by atoms with E-state index in [1.807, 2.05) is 5.38 Å². The van der Waals surface area contributed by atoms with Crippen molar-refractivity contribution in [2.24, 2.45) is 0 Å². The Bertz CT molecular complexity index is 395. The number of carbonyl (C=O) groups is 2. The van der Waals surface area contributed by atoms with Crippen LogP contribution in [-0.2, 0) is 9.53 Å². The molecule has 0 saturated heterocycles. The maximum Gasteiger partial charge on any atom is 0.332 e. The number of ether oxygens (including phenoxy) is 1. The highest BCUT2D eigenvalue weighted by Gasteiger charge is 2.07. The fourth-order valence-electron chi connectivity index (χ4n) is 1.05. The van der Waals surface area contributed by atoms with Crippen molar-refractivity contribution in [3.63, 3.8) is 0 Å². The molecule has 0 spiro atoms. The van der Waals surface area contributed by atoms with Gasteiger partial charge in [0.1, 0.15) is 0 Å². The van der Waals surface area contributed by atoms with Gasteiger partial charge in [0.2, 0.25) is 0 Å². The minimum atomic E-state index is -0.452. The highest BCUT2D eigenvalue weighted by atomic mass is 32.1. The zero-order valence-corrected chi connectivity index (χ0v) is 9.97. The van der Waals surface area contributed by atoms with Gasteiger partial charge in [0.15, 0.2) is 0 Å². The zero-order chi connectivity index (χ0) is 12.0. The summed E-state index contributed by atoms with van der Waals surface area (Å²) in [4.78, 5) is 23.2. The number of carbonyl (C=O) groups excluding carboxylic acids is 2. The van der Waals surface area contributed by atoms with Crippen LogP contribution in [0.1, 0.15) is 23.5 Å². The molecule has 1 aromatic rings. The van der Waals surface area contributed by atoms with Crippen molar-refractivity contribution in [3.05, 3.63) is 34.2 Å². The van der Waals surface area contributed by atoms with Gasteiger partial charge in [-0.3, -0.25) is 4.79 Å². The lowest BCUT2D eigenvalue weighted by atomic mass is 10.4. The van der Waals surface area contributed by atoms with E-state index in [0.717, 1.165) is 0 Å². The topological polar surface area (TPSA) is 55.4 Å². The van der Waals surface area contributed by atoms with Gasteiger partial charge in [-0.1, -0.05) is 6.07 Å². The van der Waals surface area contributed by atoms with Crippen LogP contribution < -0.4 is 5.32 Å². The summed E-state index contributed by atoms with van der Waals surface area (Å²) in [6.45, 7) is 3.69. The third-order valence-electron chi connectivity index (χ3n) is 1.68. The number of rotatable bonds is 4. The Balaban J connectivity index is 2.54. The Morgan fingerprint density at radius 2 is 2.31 bits per heavy atom. The molecule has 0 unspecified atom stereocenters. The number of allylic oxidation sites excluding steroid dienone is 1. The standard InChI is InChI=1S/C11H13NO3S/c1-3-15-10(13)7-8(2)12-11(14)9-5-4-6-16-9/h4-7H,3H2,1-2H3,(H,12,14). The fraction of sp³-hybridized carbons (Fsp3) is 0.273. The zero-order valence-electron chi connectivity index (χ0n) is 9.15. The Morgan fingerprint density at radius 1 is 1.56 bits per heavy atom. The second-order valence-corrected chi connectivity index (χ2v) is 3.96. The van der Waals surface area contributed by atoms with E-state index in [9.17, 15) is 9.59 Å². The van der Waals surface area contributed by atoms with Crippen molar-refractivity contribution in [3.8, 4) is 0 Å². The highest BCUT2D eigenvalue weighted by molar-refractivity contribution is 7.12. The smallest absolute Gasteiger partial charge is 0.332 e. The van der Waals surface area contributed by atoms with Crippen molar-refractivity contribution in [2.45, 2.75) is 13.8 Å². The molecule has 1 heterocycles. The molecule has 0 fully saturated rings. The lowest BCUT2D eigenvalue weighted by molar-refractivity contribution is -0.137. The summed E-state index contributed by atoms with van der Waals surface area (Å²) in [5.41, 5.74) is 0.469. The second kappa shape index (κ2) is 6.07. The monoisotopic (exact) mass is 239 g/mol. The van der Waals surface area contributed by atoms with Gasteiger partial charge >= 0.3 is 5.97 Å². The summed E-state index contributed by atoms with van der Waals surface area (Å²) in [7, 11) is 0. The van der Waals surface area contributed by atoms with E-state index in [-0.39, 0.29) is 5.91 Å². The first-order valence-electron chi connectivity index (χ1n) is 4.83.